The summed E-state index contributed by atoms with van der Waals surface area (Å²) >= 11 is 5.92. The number of hydrogen-bond donors (Lipinski definition) is 1. The van der Waals surface area contributed by atoms with Crippen LogP contribution in [0.2, 0.25) is 0 Å². The van der Waals surface area contributed by atoms with E-state index in [9.17, 15) is 0 Å². The summed E-state index contributed by atoms with van der Waals surface area (Å²) in [4.78, 5) is 2.36. The summed E-state index contributed by atoms with van der Waals surface area (Å²) in [7, 11) is 1.73. The lowest BCUT2D eigenvalue weighted by Crippen LogP contribution is -2.41. The van der Waals surface area contributed by atoms with Crippen LogP contribution in [0.5, 0.6) is 5.75 Å². The van der Waals surface area contributed by atoms with E-state index >= 15 is 0 Å². The zero-order valence-electron chi connectivity index (χ0n) is 17.5. The summed E-state index contributed by atoms with van der Waals surface area (Å²) < 4.78 is 5.58. The molecule has 3 rings (SSSR count). The van der Waals surface area contributed by atoms with E-state index in [1.807, 2.05) is 12.1 Å². The molecule has 0 unspecified atom stereocenters. The summed E-state index contributed by atoms with van der Waals surface area (Å²) in [5.41, 5.74) is 4.93. The summed E-state index contributed by atoms with van der Waals surface area (Å²) in [5.74, 6) is 1.42. The Bertz CT molecular complexity index is 812. The fourth-order valence-electron chi connectivity index (χ4n) is 4.20. The van der Waals surface area contributed by atoms with E-state index in [-0.39, 0.29) is 0 Å². The molecule has 0 aromatic heterocycles. The number of hydrogen-bond acceptors (Lipinski definition) is 2. The predicted octanol–water partition coefficient (Wildman–Crippen LogP) is 6.27. The monoisotopic (exact) mass is 396 g/mol. The molecule has 150 valence electrons. The van der Waals surface area contributed by atoms with Crippen LogP contribution in [0, 0.1) is 6.92 Å². The van der Waals surface area contributed by atoms with Crippen LogP contribution in [-0.2, 0) is 6.54 Å². The number of ether oxygens (including phenoxy) is 1. The smallest absolute Gasteiger partial charge is 0.173 e. The molecule has 0 bridgehead atoms. The van der Waals surface area contributed by atoms with Crippen LogP contribution in [0.15, 0.2) is 42.5 Å². The molecule has 1 saturated carbocycles. The van der Waals surface area contributed by atoms with Gasteiger partial charge in [0, 0.05) is 23.8 Å². The summed E-state index contributed by atoms with van der Waals surface area (Å²) in [6.45, 7) is 7.41. The van der Waals surface area contributed by atoms with Crippen molar-refractivity contribution < 1.29 is 4.74 Å². The molecule has 1 N–H and O–H groups in total. The van der Waals surface area contributed by atoms with E-state index < -0.39 is 0 Å². The first-order valence-corrected chi connectivity index (χ1v) is 10.7. The molecule has 1 aliphatic rings. The Balaban J connectivity index is 1.84. The van der Waals surface area contributed by atoms with Crippen molar-refractivity contribution >= 4 is 23.0 Å². The van der Waals surface area contributed by atoms with Crippen molar-refractivity contribution in [3.05, 3.63) is 59.2 Å². The molecule has 4 heteroatoms. The van der Waals surface area contributed by atoms with Crippen LogP contribution in [0.25, 0.3) is 0 Å². The van der Waals surface area contributed by atoms with Gasteiger partial charge in [0.25, 0.3) is 0 Å². The maximum Gasteiger partial charge on any atom is 0.173 e. The molecule has 1 aliphatic carbocycles. The zero-order chi connectivity index (χ0) is 20.1. The van der Waals surface area contributed by atoms with E-state index in [1.165, 1.54) is 42.4 Å². The molecule has 0 aliphatic heterocycles. The molecule has 3 nitrogen and oxygen atoms in total. The Labute approximate surface area is 175 Å². The largest absolute Gasteiger partial charge is 0.496 e. The topological polar surface area (TPSA) is 24.5 Å². The van der Waals surface area contributed by atoms with Crippen molar-refractivity contribution in [2.24, 2.45) is 0 Å². The van der Waals surface area contributed by atoms with Crippen LogP contribution < -0.4 is 10.1 Å². The number of para-hydroxylation sites is 1. The van der Waals surface area contributed by atoms with Crippen molar-refractivity contribution in [3.63, 3.8) is 0 Å². The number of nitrogens with zero attached hydrogens (tertiary/aromatic N) is 1. The lowest BCUT2D eigenvalue weighted by Gasteiger charge is -2.32. The Morgan fingerprint density at radius 3 is 2.54 bits per heavy atom. The van der Waals surface area contributed by atoms with Crippen molar-refractivity contribution in [3.8, 4) is 5.75 Å². The Hall–Kier alpha value is -2.07. The minimum atomic E-state index is 0.485. The molecule has 0 heterocycles. The second kappa shape index (κ2) is 9.42. The van der Waals surface area contributed by atoms with Gasteiger partial charge in [-0.25, -0.2) is 0 Å². The average molecular weight is 397 g/mol. The van der Waals surface area contributed by atoms with Crippen LogP contribution in [0.3, 0.4) is 0 Å². The van der Waals surface area contributed by atoms with Gasteiger partial charge >= 0.3 is 0 Å². The molecule has 2 aromatic rings. The molecule has 0 atom stereocenters. The van der Waals surface area contributed by atoms with E-state index in [4.69, 9.17) is 17.0 Å². The number of nitrogens with one attached hydrogen (secondary N) is 1. The molecule has 28 heavy (non-hydrogen) atoms. The molecule has 2 aromatic carbocycles. The number of benzene rings is 2. The fraction of sp³-hybridized carbons (Fsp3) is 0.458. The van der Waals surface area contributed by atoms with E-state index in [2.05, 4.69) is 61.3 Å². The number of rotatable bonds is 6. The molecule has 1 fully saturated rings. The lowest BCUT2D eigenvalue weighted by molar-refractivity contribution is 0.305. The van der Waals surface area contributed by atoms with Gasteiger partial charge in [-0.2, -0.15) is 0 Å². The van der Waals surface area contributed by atoms with Crippen molar-refractivity contribution in [1.82, 2.24) is 4.90 Å². The van der Waals surface area contributed by atoms with E-state index in [1.54, 1.807) is 7.11 Å². The van der Waals surface area contributed by atoms with Gasteiger partial charge in [0.15, 0.2) is 5.11 Å². The number of thiocarbonyl (C=S) groups is 1. The Morgan fingerprint density at radius 2 is 1.86 bits per heavy atom. The number of anilines is 1. The minimum absolute atomic E-state index is 0.485. The second-order valence-electron chi connectivity index (χ2n) is 7.98. The van der Waals surface area contributed by atoms with Crippen LogP contribution in [0.4, 0.5) is 5.69 Å². The van der Waals surface area contributed by atoms with Gasteiger partial charge in [-0.05, 0) is 61.2 Å². The third-order valence-electron chi connectivity index (χ3n) is 5.80. The van der Waals surface area contributed by atoms with Gasteiger partial charge in [-0.15, -0.1) is 0 Å². The third kappa shape index (κ3) is 4.67. The van der Waals surface area contributed by atoms with Crippen LogP contribution in [0.1, 0.15) is 62.1 Å². The van der Waals surface area contributed by atoms with Gasteiger partial charge in [-0.1, -0.05) is 57.0 Å². The third-order valence-corrected chi connectivity index (χ3v) is 6.14. The first-order chi connectivity index (χ1) is 13.5. The first-order valence-electron chi connectivity index (χ1n) is 10.3. The molecule has 0 amide bonds. The highest BCUT2D eigenvalue weighted by Crippen LogP contribution is 2.30. The SMILES string of the molecule is COc1ccccc1CN(C(=S)Nc1cccc(C(C)C)c1C)C1CCCC1. The van der Waals surface area contributed by atoms with Gasteiger partial charge in [0.1, 0.15) is 5.75 Å². The molecular weight excluding hydrogens is 364 g/mol. The fourth-order valence-corrected chi connectivity index (χ4v) is 4.52. The summed E-state index contributed by atoms with van der Waals surface area (Å²) in [6.07, 6.45) is 4.94. The Kier molecular flexibility index (Phi) is 6.95. The average Bonchev–Trinajstić information content (AvgIpc) is 3.22. The quantitative estimate of drug-likeness (QED) is 0.582. The summed E-state index contributed by atoms with van der Waals surface area (Å²) in [5, 5.41) is 4.36. The number of methoxy groups -OCH3 is 1. The van der Waals surface area contributed by atoms with Crippen molar-refractivity contribution in [2.45, 2.75) is 65.0 Å². The normalized spacial score (nSPS) is 14.3. The van der Waals surface area contributed by atoms with E-state index in [0.29, 0.717) is 12.0 Å². The zero-order valence-corrected chi connectivity index (χ0v) is 18.3. The molecule has 0 saturated heterocycles. The van der Waals surface area contributed by atoms with Gasteiger partial charge in [0.2, 0.25) is 0 Å². The first kappa shape index (κ1) is 20.7. The Morgan fingerprint density at radius 1 is 1.14 bits per heavy atom. The summed E-state index contributed by atoms with van der Waals surface area (Å²) in [6, 6.07) is 15.2. The van der Waals surface area contributed by atoms with Gasteiger partial charge < -0.3 is 15.0 Å². The van der Waals surface area contributed by atoms with Crippen LogP contribution >= 0.6 is 12.2 Å². The maximum atomic E-state index is 5.92. The second-order valence-corrected chi connectivity index (χ2v) is 8.37. The van der Waals surface area contributed by atoms with Gasteiger partial charge in [-0.3, -0.25) is 0 Å². The van der Waals surface area contributed by atoms with Crippen LogP contribution in [-0.4, -0.2) is 23.2 Å². The molecule has 0 spiro atoms. The highest BCUT2D eigenvalue weighted by Gasteiger charge is 2.26. The molecule has 0 radical (unpaired) electrons. The standard InChI is InChI=1S/C24H32N2OS/c1-17(2)21-13-9-14-22(18(21)3)25-24(28)26(20-11-6-7-12-20)16-19-10-5-8-15-23(19)27-4/h5,8-10,13-15,17,20H,6-7,11-12,16H2,1-4H3,(H,25,28). The van der Waals surface area contributed by atoms with Crippen molar-refractivity contribution in [1.29, 1.82) is 0 Å². The van der Waals surface area contributed by atoms with Gasteiger partial charge in [0.05, 0.1) is 7.11 Å². The lowest BCUT2D eigenvalue weighted by atomic mass is 9.97. The minimum Gasteiger partial charge on any atom is -0.496 e. The highest BCUT2D eigenvalue weighted by molar-refractivity contribution is 7.80. The highest BCUT2D eigenvalue weighted by atomic mass is 32.1. The van der Waals surface area contributed by atoms with E-state index in [0.717, 1.165) is 23.1 Å². The molecular formula is C24H32N2OS. The predicted molar refractivity (Wildman–Crippen MR) is 122 cm³/mol. The van der Waals surface area contributed by atoms with Crippen molar-refractivity contribution in [2.75, 3.05) is 12.4 Å². The maximum absolute atomic E-state index is 5.92.